The second-order valence-electron chi connectivity index (χ2n) is 9.26. The predicted octanol–water partition coefficient (Wildman–Crippen LogP) is 0.194. The first-order valence-corrected chi connectivity index (χ1v) is 13.2. The van der Waals surface area contributed by atoms with Gasteiger partial charge >= 0.3 is 6.09 Å². The van der Waals surface area contributed by atoms with Gasteiger partial charge in [0.05, 0.1) is 31.3 Å². The smallest absolute Gasteiger partial charge is 0.410 e. The van der Waals surface area contributed by atoms with E-state index in [1.165, 1.54) is 17.3 Å². The van der Waals surface area contributed by atoms with Crippen LogP contribution in [-0.4, -0.2) is 96.8 Å². The fourth-order valence-electron chi connectivity index (χ4n) is 3.97. The minimum atomic E-state index is -3.53. The number of rotatable bonds is 8. The molecule has 2 saturated heterocycles. The fraction of sp³-hybridized carbons (Fsp3) is 0.714. The molecule has 188 valence electrons. The lowest BCUT2D eigenvalue weighted by molar-refractivity contribution is -0.120. The second kappa shape index (κ2) is 10.0. The molecule has 4 rings (SSSR count). The summed E-state index contributed by atoms with van der Waals surface area (Å²) in [6, 6.07) is 0. The zero-order valence-corrected chi connectivity index (χ0v) is 20.2. The number of nitrogens with zero attached hydrogens (tertiary/aromatic N) is 5. The van der Waals surface area contributed by atoms with Gasteiger partial charge in [0.15, 0.2) is 5.82 Å². The summed E-state index contributed by atoms with van der Waals surface area (Å²) in [7, 11) is -3.53. The van der Waals surface area contributed by atoms with Gasteiger partial charge in [-0.1, -0.05) is 0 Å². The molecule has 3 fully saturated rings. The van der Waals surface area contributed by atoms with Crippen molar-refractivity contribution in [1.82, 2.24) is 19.2 Å². The van der Waals surface area contributed by atoms with E-state index in [1.54, 1.807) is 4.90 Å². The van der Waals surface area contributed by atoms with Crippen LogP contribution in [0.1, 0.15) is 32.6 Å². The Hall–Kier alpha value is -2.51. The Bertz CT molecular complexity index is 992. The topological polar surface area (TPSA) is 148 Å². The number of hydrogen-bond acceptors (Lipinski definition) is 9. The number of anilines is 1. The number of aromatic nitrogens is 2. The van der Waals surface area contributed by atoms with Crippen LogP contribution < -0.4 is 15.4 Å². The van der Waals surface area contributed by atoms with Crippen LogP contribution in [0.25, 0.3) is 0 Å². The van der Waals surface area contributed by atoms with Crippen LogP contribution in [-0.2, 0) is 19.6 Å². The van der Waals surface area contributed by atoms with Gasteiger partial charge in [-0.05, 0) is 38.5 Å². The lowest BCUT2D eigenvalue weighted by atomic mass is 9.98. The molecule has 1 aliphatic carbocycles. The van der Waals surface area contributed by atoms with E-state index in [4.69, 9.17) is 15.2 Å². The van der Waals surface area contributed by atoms with Crippen molar-refractivity contribution in [3.8, 4) is 5.88 Å². The molecule has 2 amide bonds. The molecular formula is C21H32N6O6S. The van der Waals surface area contributed by atoms with Gasteiger partial charge in [0, 0.05) is 32.7 Å². The van der Waals surface area contributed by atoms with E-state index in [0.717, 1.165) is 30.0 Å². The molecule has 0 aromatic carbocycles. The molecule has 1 saturated carbocycles. The van der Waals surface area contributed by atoms with E-state index in [9.17, 15) is 18.0 Å². The van der Waals surface area contributed by atoms with Crippen LogP contribution in [0.2, 0.25) is 0 Å². The Morgan fingerprint density at radius 2 is 1.91 bits per heavy atom. The van der Waals surface area contributed by atoms with Crippen molar-refractivity contribution in [3.05, 3.63) is 12.4 Å². The molecule has 2 N–H and O–H groups in total. The van der Waals surface area contributed by atoms with Crippen molar-refractivity contribution < 1.29 is 27.5 Å². The highest BCUT2D eigenvalue weighted by Gasteiger charge is 2.43. The molecule has 13 heteroatoms. The Morgan fingerprint density at radius 1 is 1.18 bits per heavy atom. The summed E-state index contributed by atoms with van der Waals surface area (Å²) in [6.45, 7) is 3.84. The van der Waals surface area contributed by atoms with Crippen LogP contribution in [0.5, 0.6) is 5.88 Å². The molecule has 0 unspecified atom stereocenters. The average Bonchev–Trinajstić information content (AvgIpc) is 3.54. The van der Waals surface area contributed by atoms with Gasteiger partial charge in [-0.15, -0.1) is 0 Å². The summed E-state index contributed by atoms with van der Waals surface area (Å²) in [5, 5.41) is 0. The number of ether oxygens (including phenoxy) is 2. The number of nitrogens with two attached hydrogens (primary N) is 1. The van der Waals surface area contributed by atoms with Crippen molar-refractivity contribution in [2.45, 2.75) is 38.2 Å². The highest BCUT2D eigenvalue weighted by molar-refractivity contribution is 7.89. The van der Waals surface area contributed by atoms with Gasteiger partial charge in [-0.25, -0.2) is 23.2 Å². The fourth-order valence-corrected chi connectivity index (χ4v) is 5.19. The van der Waals surface area contributed by atoms with Gasteiger partial charge in [0.25, 0.3) is 0 Å². The van der Waals surface area contributed by atoms with Crippen molar-refractivity contribution in [2.24, 2.45) is 11.7 Å². The maximum absolute atomic E-state index is 12.5. The van der Waals surface area contributed by atoms with E-state index >= 15 is 0 Å². The minimum absolute atomic E-state index is 0.00875. The van der Waals surface area contributed by atoms with E-state index in [0.29, 0.717) is 37.3 Å². The Morgan fingerprint density at radius 3 is 2.50 bits per heavy atom. The number of sulfonamides is 1. The molecule has 0 radical (unpaired) electrons. The largest absolute Gasteiger partial charge is 0.476 e. The first-order chi connectivity index (χ1) is 16.2. The molecule has 0 atom stereocenters. The lowest BCUT2D eigenvalue weighted by Gasteiger charge is -2.32. The number of hydrogen-bond donors (Lipinski definition) is 1. The number of piperazine rings is 1. The Labute approximate surface area is 199 Å². The predicted molar refractivity (Wildman–Crippen MR) is 123 cm³/mol. The van der Waals surface area contributed by atoms with E-state index in [-0.39, 0.29) is 49.5 Å². The summed E-state index contributed by atoms with van der Waals surface area (Å²) in [5.41, 5.74) is 5.09. The molecule has 1 aromatic heterocycles. The zero-order valence-electron chi connectivity index (χ0n) is 19.4. The number of carbonyl (C=O) groups is 2. The third-order valence-electron chi connectivity index (χ3n) is 6.47. The van der Waals surface area contributed by atoms with Gasteiger partial charge in [-0.3, -0.25) is 9.69 Å². The summed E-state index contributed by atoms with van der Waals surface area (Å²) in [5.74, 6) is 0.450. The summed E-state index contributed by atoms with van der Waals surface area (Å²) >= 11 is 0. The standard InChI is InChI=1S/C21H32N6O6S/c1-21(4-5-21)33-20(29)25-7-2-16(3-8-25)15-32-18-13-23-17(12-24-18)27-10-9-26(14-19(27)28)34(30,31)11-6-22/h12-13,16H,2-11,14-15,22H2,1H3. The number of amides is 2. The van der Waals surface area contributed by atoms with Gasteiger partial charge in [0.1, 0.15) is 5.60 Å². The highest BCUT2D eigenvalue weighted by Crippen LogP contribution is 2.39. The van der Waals surface area contributed by atoms with Gasteiger partial charge in [-0.2, -0.15) is 4.31 Å². The monoisotopic (exact) mass is 496 g/mol. The zero-order chi connectivity index (χ0) is 24.3. The Kier molecular flexibility index (Phi) is 7.24. The molecule has 3 aliphatic rings. The Balaban J connectivity index is 1.22. The maximum atomic E-state index is 12.5. The van der Waals surface area contributed by atoms with Crippen molar-refractivity contribution in [2.75, 3.05) is 56.5 Å². The molecular weight excluding hydrogens is 464 g/mol. The summed E-state index contributed by atoms with van der Waals surface area (Å²) in [6.07, 6.45) is 6.20. The number of carbonyl (C=O) groups excluding carboxylic acids is 2. The molecule has 12 nitrogen and oxygen atoms in total. The maximum Gasteiger partial charge on any atom is 0.410 e. The molecule has 34 heavy (non-hydrogen) atoms. The third-order valence-corrected chi connectivity index (χ3v) is 8.32. The van der Waals surface area contributed by atoms with Gasteiger partial charge < -0.3 is 20.1 Å². The molecule has 0 spiro atoms. The summed E-state index contributed by atoms with van der Waals surface area (Å²) in [4.78, 5) is 36.4. The second-order valence-corrected chi connectivity index (χ2v) is 11.3. The first kappa shape index (κ1) is 24.6. The van der Waals surface area contributed by atoms with Crippen molar-refractivity contribution in [3.63, 3.8) is 0 Å². The normalized spacial score (nSPS) is 21.4. The minimum Gasteiger partial charge on any atom is -0.476 e. The van der Waals surface area contributed by atoms with Crippen molar-refractivity contribution >= 4 is 27.8 Å². The van der Waals surface area contributed by atoms with E-state index < -0.39 is 10.0 Å². The summed E-state index contributed by atoms with van der Waals surface area (Å²) < 4.78 is 36.7. The van der Waals surface area contributed by atoms with E-state index in [1.807, 2.05) is 6.92 Å². The quantitative estimate of drug-likeness (QED) is 0.532. The van der Waals surface area contributed by atoms with Crippen LogP contribution in [0.3, 0.4) is 0 Å². The molecule has 2 aliphatic heterocycles. The number of likely N-dealkylation sites (tertiary alicyclic amines) is 1. The average molecular weight is 497 g/mol. The lowest BCUT2D eigenvalue weighted by Crippen LogP contribution is -2.53. The number of piperidine rings is 1. The van der Waals surface area contributed by atoms with Crippen molar-refractivity contribution in [1.29, 1.82) is 0 Å². The van der Waals surface area contributed by atoms with Crippen LogP contribution >= 0.6 is 0 Å². The highest BCUT2D eigenvalue weighted by atomic mass is 32.2. The molecule has 3 heterocycles. The van der Waals surface area contributed by atoms with Crippen LogP contribution in [0.15, 0.2) is 12.4 Å². The third kappa shape index (κ3) is 5.94. The van der Waals surface area contributed by atoms with E-state index in [2.05, 4.69) is 9.97 Å². The first-order valence-electron chi connectivity index (χ1n) is 11.6. The molecule has 1 aromatic rings. The van der Waals surface area contributed by atoms with Crippen LogP contribution in [0.4, 0.5) is 10.6 Å². The van der Waals surface area contributed by atoms with Gasteiger partial charge in [0.2, 0.25) is 21.8 Å². The molecule has 0 bridgehead atoms. The SMILES string of the molecule is CC1(OC(=O)N2CCC(COc3cnc(N4CCN(S(=O)(=O)CCN)CC4=O)cn3)CC2)CC1. The van der Waals surface area contributed by atoms with Crippen LogP contribution in [0, 0.1) is 5.92 Å².